The number of nitrogens with two attached hydrogens (primary N) is 1. The maximum Gasteiger partial charge on any atom is 0.259 e. The van der Waals surface area contributed by atoms with Gasteiger partial charge in [-0.3, -0.25) is 4.79 Å². The molecule has 0 radical (unpaired) electrons. The molecule has 0 spiro atoms. The van der Waals surface area contributed by atoms with Gasteiger partial charge >= 0.3 is 0 Å². The lowest BCUT2D eigenvalue weighted by atomic mass is 10.0. The smallest absolute Gasteiger partial charge is 0.259 e. The van der Waals surface area contributed by atoms with Crippen molar-refractivity contribution >= 4 is 34.4 Å². The van der Waals surface area contributed by atoms with Crippen LogP contribution in [0.4, 0.5) is 0 Å². The summed E-state index contributed by atoms with van der Waals surface area (Å²) in [6, 6.07) is 20.6. The van der Waals surface area contributed by atoms with E-state index in [1.54, 1.807) is 12.1 Å². The lowest BCUT2D eigenvalue weighted by molar-refractivity contribution is -0.114. The molecular formula is C21H15ClN2O2. The quantitative estimate of drug-likeness (QED) is 0.537. The van der Waals surface area contributed by atoms with E-state index in [1.165, 1.54) is 6.08 Å². The molecule has 0 bridgehead atoms. The van der Waals surface area contributed by atoms with Crippen molar-refractivity contribution in [1.29, 1.82) is 5.26 Å². The van der Waals surface area contributed by atoms with Gasteiger partial charge in [-0.15, -0.1) is 0 Å². The average molecular weight is 363 g/mol. The van der Waals surface area contributed by atoms with Crippen molar-refractivity contribution in [2.75, 3.05) is 0 Å². The molecule has 0 unspecified atom stereocenters. The largest absolute Gasteiger partial charge is 0.488 e. The highest BCUT2D eigenvalue weighted by atomic mass is 35.5. The summed E-state index contributed by atoms with van der Waals surface area (Å²) in [7, 11) is 0. The van der Waals surface area contributed by atoms with E-state index in [0.717, 1.165) is 16.3 Å². The summed E-state index contributed by atoms with van der Waals surface area (Å²) in [5.41, 5.74) is 6.76. The highest BCUT2D eigenvalue weighted by Gasteiger charge is 2.11. The SMILES string of the molecule is N#CC(=Cc1c(OCc2ccc(Cl)cc2)ccc2ccccc12)C(N)=O. The van der Waals surface area contributed by atoms with Gasteiger partial charge < -0.3 is 10.5 Å². The van der Waals surface area contributed by atoms with Crippen molar-refractivity contribution in [3.63, 3.8) is 0 Å². The predicted molar refractivity (Wildman–Crippen MR) is 103 cm³/mol. The molecule has 2 N–H and O–H groups in total. The van der Waals surface area contributed by atoms with Gasteiger partial charge in [0, 0.05) is 10.6 Å². The molecule has 128 valence electrons. The third-order valence-electron chi connectivity index (χ3n) is 3.91. The van der Waals surface area contributed by atoms with Crippen LogP contribution < -0.4 is 10.5 Å². The summed E-state index contributed by atoms with van der Waals surface area (Å²) in [6.07, 6.45) is 1.47. The predicted octanol–water partition coefficient (Wildman–Crippen LogP) is 4.46. The summed E-state index contributed by atoms with van der Waals surface area (Å²) in [6.45, 7) is 0.328. The van der Waals surface area contributed by atoms with E-state index < -0.39 is 5.91 Å². The van der Waals surface area contributed by atoms with E-state index >= 15 is 0 Å². The van der Waals surface area contributed by atoms with Crippen LogP contribution in [0.1, 0.15) is 11.1 Å². The van der Waals surface area contributed by atoms with Gasteiger partial charge in [-0.2, -0.15) is 5.26 Å². The number of nitriles is 1. The van der Waals surface area contributed by atoms with Gasteiger partial charge in [0.1, 0.15) is 24.0 Å². The van der Waals surface area contributed by atoms with Gasteiger partial charge in [0.05, 0.1) is 0 Å². The average Bonchev–Trinajstić information content (AvgIpc) is 2.65. The molecule has 0 aliphatic heterocycles. The molecule has 3 aromatic carbocycles. The lowest BCUT2D eigenvalue weighted by Crippen LogP contribution is -2.12. The first-order chi connectivity index (χ1) is 12.6. The Morgan fingerprint density at radius 3 is 2.54 bits per heavy atom. The second kappa shape index (κ2) is 7.73. The molecule has 1 amide bonds. The molecule has 26 heavy (non-hydrogen) atoms. The van der Waals surface area contributed by atoms with Crippen LogP contribution in [0.5, 0.6) is 5.75 Å². The second-order valence-corrected chi connectivity index (χ2v) is 6.08. The Kier molecular flexibility index (Phi) is 5.21. The Bertz CT molecular complexity index is 1030. The summed E-state index contributed by atoms with van der Waals surface area (Å²) in [5, 5.41) is 11.7. The third kappa shape index (κ3) is 3.85. The lowest BCUT2D eigenvalue weighted by Gasteiger charge is -2.12. The third-order valence-corrected chi connectivity index (χ3v) is 4.16. The molecule has 0 fully saturated rings. The van der Waals surface area contributed by atoms with Gasteiger partial charge in [0.25, 0.3) is 5.91 Å². The number of carbonyl (C=O) groups is 1. The van der Waals surface area contributed by atoms with Crippen molar-refractivity contribution in [1.82, 2.24) is 0 Å². The Hall–Kier alpha value is -3.29. The van der Waals surface area contributed by atoms with E-state index in [9.17, 15) is 10.1 Å². The molecule has 0 atom stereocenters. The number of carbonyl (C=O) groups excluding carboxylic acids is 1. The first kappa shape index (κ1) is 17.5. The minimum Gasteiger partial charge on any atom is -0.488 e. The molecule has 3 rings (SSSR count). The monoisotopic (exact) mass is 362 g/mol. The van der Waals surface area contributed by atoms with Crippen molar-refractivity contribution in [3.8, 4) is 11.8 Å². The zero-order valence-electron chi connectivity index (χ0n) is 13.8. The minimum absolute atomic E-state index is 0.127. The number of primary amides is 1. The molecule has 0 saturated heterocycles. The van der Waals surface area contributed by atoms with Crippen LogP contribution >= 0.6 is 11.6 Å². The molecule has 0 saturated carbocycles. The second-order valence-electron chi connectivity index (χ2n) is 5.65. The summed E-state index contributed by atoms with van der Waals surface area (Å²) in [4.78, 5) is 11.5. The number of hydrogen-bond acceptors (Lipinski definition) is 3. The number of amides is 1. The molecule has 3 aromatic rings. The highest BCUT2D eigenvalue weighted by Crippen LogP contribution is 2.31. The Morgan fingerprint density at radius 2 is 1.85 bits per heavy atom. The van der Waals surface area contributed by atoms with Crippen LogP contribution in [0.3, 0.4) is 0 Å². The number of benzene rings is 3. The summed E-state index contributed by atoms with van der Waals surface area (Å²) < 4.78 is 5.95. The number of nitrogens with zero attached hydrogens (tertiary/aromatic N) is 1. The van der Waals surface area contributed by atoms with Gasteiger partial charge in [-0.05, 0) is 40.6 Å². The minimum atomic E-state index is -0.774. The number of fused-ring (bicyclic) bond motifs is 1. The molecule has 0 aromatic heterocycles. The fourth-order valence-corrected chi connectivity index (χ4v) is 2.72. The molecular weight excluding hydrogens is 348 g/mol. The normalized spacial score (nSPS) is 11.2. The van der Waals surface area contributed by atoms with Crippen LogP contribution in [-0.2, 0) is 11.4 Å². The van der Waals surface area contributed by atoms with Crippen LogP contribution in [0.15, 0.2) is 66.2 Å². The van der Waals surface area contributed by atoms with Crippen LogP contribution in [0.2, 0.25) is 5.02 Å². The molecule has 0 aliphatic rings. The first-order valence-corrected chi connectivity index (χ1v) is 8.27. The van der Waals surface area contributed by atoms with E-state index in [1.807, 2.05) is 54.6 Å². The topological polar surface area (TPSA) is 76.1 Å². The van der Waals surface area contributed by atoms with E-state index in [-0.39, 0.29) is 5.57 Å². The zero-order valence-corrected chi connectivity index (χ0v) is 14.5. The first-order valence-electron chi connectivity index (χ1n) is 7.89. The zero-order chi connectivity index (χ0) is 18.5. The maximum absolute atomic E-state index is 11.5. The number of ether oxygens (including phenoxy) is 1. The van der Waals surface area contributed by atoms with Crippen molar-refractivity contribution in [2.24, 2.45) is 5.73 Å². The van der Waals surface area contributed by atoms with Crippen LogP contribution in [0, 0.1) is 11.3 Å². The molecule has 5 heteroatoms. The van der Waals surface area contributed by atoms with Gasteiger partial charge in [-0.1, -0.05) is 54.1 Å². The van der Waals surface area contributed by atoms with Crippen LogP contribution in [0.25, 0.3) is 16.8 Å². The highest BCUT2D eigenvalue weighted by molar-refractivity contribution is 6.30. The summed E-state index contributed by atoms with van der Waals surface area (Å²) >= 11 is 5.90. The van der Waals surface area contributed by atoms with Gasteiger partial charge in [0.15, 0.2) is 0 Å². The fourth-order valence-electron chi connectivity index (χ4n) is 2.59. The van der Waals surface area contributed by atoms with Gasteiger partial charge in [0.2, 0.25) is 0 Å². The number of hydrogen-bond donors (Lipinski definition) is 1. The Balaban J connectivity index is 2.04. The van der Waals surface area contributed by atoms with Crippen LogP contribution in [-0.4, -0.2) is 5.91 Å². The fraction of sp³-hybridized carbons (Fsp3) is 0.0476. The van der Waals surface area contributed by atoms with E-state index in [2.05, 4.69) is 0 Å². The van der Waals surface area contributed by atoms with Gasteiger partial charge in [-0.25, -0.2) is 0 Å². The van der Waals surface area contributed by atoms with Crippen molar-refractivity contribution in [3.05, 3.63) is 82.4 Å². The number of rotatable bonds is 5. The number of halogens is 1. The van der Waals surface area contributed by atoms with Crippen molar-refractivity contribution in [2.45, 2.75) is 6.61 Å². The maximum atomic E-state index is 11.5. The molecule has 4 nitrogen and oxygen atoms in total. The van der Waals surface area contributed by atoms with E-state index in [0.29, 0.717) is 22.9 Å². The summed E-state index contributed by atoms with van der Waals surface area (Å²) in [5.74, 6) is -0.211. The standard InChI is InChI=1S/C21H15ClN2O2/c22-17-8-5-14(6-9-17)13-26-20-10-7-15-3-1-2-4-18(15)19(20)11-16(12-23)21(24)25/h1-11H,13H2,(H2,24,25). The Morgan fingerprint density at radius 1 is 1.12 bits per heavy atom. The Labute approximate surface area is 156 Å². The molecule has 0 heterocycles. The van der Waals surface area contributed by atoms with E-state index in [4.69, 9.17) is 22.1 Å². The van der Waals surface area contributed by atoms with Crippen molar-refractivity contribution < 1.29 is 9.53 Å². The molecule has 0 aliphatic carbocycles.